The molecule has 0 nitrogen and oxygen atoms in total. The number of benzene rings is 2. The van der Waals surface area contributed by atoms with Gasteiger partial charge in [-0.3, -0.25) is 0 Å². The van der Waals surface area contributed by atoms with Crippen molar-refractivity contribution >= 4 is 15.9 Å². The number of hydrogen-bond donors (Lipinski definition) is 0. The summed E-state index contributed by atoms with van der Waals surface area (Å²) < 4.78 is 77.4. The van der Waals surface area contributed by atoms with Gasteiger partial charge in [-0.05, 0) is 35.4 Å². The number of hydrogen-bond acceptors (Lipinski definition) is 0. The fourth-order valence-electron chi connectivity index (χ4n) is 1.87. The van der Waals surface area contributed by atoms with Crippen molar-refractivity contribution in [1.82, 2.24) is 0 Å². The summed E-state index contributed by atoms with van der Waals surface area (Å²) in [6, 6.07) is 7.23. The van der Waals surface area contributed by atoms with Crippen LogP contribution in [-0.2, 0) is 12.4 Å². The van der Waals surface area contributed by atoms with E-state index in [-0.39, 0.29) is 10.0 Å². The van der Waals surface area contributed by atoms with Gasteiger partial charge in [0.05, 0.1) is 11.1 Å². The molecule has 0 bridgehead atoms. The molecule has 0 heterocycles. The van der Waals surface area contributed by atoms with Gasteiger partial charge in [0, 0.05) is 4.47 Å². The Morgan fingerprint density at radius 3 is 1.86 bits per heavy atom. The van der Waals surface area contributed by atoms with Crippen LogP contribution in [0.25, 0.3) is 11.1 Å². The zero-order valence-corrected chi connectivity index (χ0v) is 11.8. The fraction of sp³-hybridized carbons (Fsp3) is 0.143. The maximum absolute atomic E-state index is 13.0. The third kappa shape index (κ3) is 3.40. The van der Waals surface area contributed by atoms with Crippen LogP contribution >= 0.6 is 15.9 Å². The van der Waals surface area contributed by atoms with Crippen LogP contribution in [0.15, 0.2) is 46.9 Å². The molecule has 0 saturated heterocycles. The van der Waals surface area contributed by atoms with E-state index in [0.717, 1.165) is 0 Å². The molecule has 112 valence electrons. The van der Waals surface area contributed by atoms with Crippen LogP contribution in [0.4, 0.5) is 26.3 Å². The smallest absolute Gasteiger partial charge is 0.166 e. The summed E-state index contributed by atoms with van der Waals surface area (Å²) in [6.45, 7) is 0. The highest BCUT2D eigenvalue weighted by atomic mass is 79.9. The van der Waals surface area contributed by atoms with E-state index in [1.54, 1.807) is 6.07 Å². The van der Waals surface area contributed by atoms with Gasteiger partial charge in [0.25, 0.3) is 0 Å². The molecule has 0 atom stereocenters. The Labute approximate surface area is 124 Å². The molecule has 7 heteroatoms. The Morgan fingerprint density at radius 2 is 1.33 bits per heavy atom. The van der Waals surface area contributed by atoms with Gasteiger partial charge >= 0.3 is 12.4 Å². The van der Waals surface area contributed by atoms with Crippen molar-refractivity contribution in [3.63, 3.8) is 0 Å². The van der Waals surface area contributed by atoms with Gasteiger partial charge in [0.15, 0.2) is 0 Å². The Hall–Kier alpha value is -1.50. The van der Waals surface area contributed by atoms with Gasteiger partial charge in [-0.15, -0.1) is 0 Å². The van der Waals surface area contributed by atoms with Crippen molar-refractivity contribution in [1.29, 1.82) is 0 Å². The minimum absolute atomic E-state index is 0.0518. The quantitative estimate of drug-likeness (QED) is 0.529. The predicted molar refractivity (Wildman–Crippen MR) is 69.6 cm³/mol. The van der Waals surface area contributed by atoms with Crippen molar-refractivity contribution in [3.8, 4) is 11.1 Å². The van der Waals surface area contributed by atoms with Gasteiger partial charge in [0.2, 0.25) is 0 Å². The van der Waals surface area contributed by atoms with Crippen molar-refractivity contribution in [2.24, 2.45) is 0 Å². The summed E-state index contributed by atoms with van der Waals surface area (Å²) in [4.78, 5) is 0. The first-order chi connectivity index (χ1) is 9.60. The molecule has 0 unspecified atom stereocenters. The van der Waals surface area contributed by atoms with E-state index in [4.69, 9.17) is 0 Å². The molecule has 0 radical (unpaired) electrons. The molecule has 0 saturated carbocycles. The topological polar surface area (TPSA) is 0 Å². The summed E-state index contributed by atoms with van der Waals surface area (Å²) in [5.41, 5.74) is -2.69. The first-order valence-electron chi connectivity index (χ1n) is 5.64. The number of alkyl halides is 6. The van der Waals surface area contributed by atoms with Crippen molar-refractivity contribution < 1.29 is 26.3 Å². The second-order valence-corrected chi connectivity index (χ2v) is 5.09. The van der Waals surface area contributed by atoms with Crippen LogP contribution < -0.4 is 0 Å². The molecule has 0 aliphatic heterocycles. The lowest BCUT2D eigenvalue weighted by Gasteiger charge is -2.16. The minimum Gasteiger partial charge on any atom is -0.166 e. The summed E-state index contributed by atoms with van der Waals surface area (Å²) in [5.74, 6) is 0. The molecule has 0 spiro atoms. The molecule has 0 aromatic heterocycles. The van der Waals surface area contributed by atoms with Gasteiger partial charge in [-0.25, -0.2) is 0 Å². The molecule has 2 rings (SSSR count). The van der Waals surface area contributed by atoms with E-state index < -0.39 is 29.0 Å². The summed E-state index contributed by atoms with van der Waals surface area (Å²) in [5, 5.41) is 0. The highest BCUT2D eigenvalue weighted by Crippen LogP contribution is 2.42. The second kappa shape index (κ2) is 5.36. The third-order valence-electron chi connectivity index (χ3n) is 2.82. The minimum atomic E-state index is -4.74. The van der Waals surface area contributed by atoms with Crippen molar-refractivity contribution in [2.45, 2.75) is 12.4 Å². The molecule has 2 aromatic carbocycles. The summed E-state index contributed by atoms with van der Waals surface area (Å²) >= 11 is 3.06. The summed E-state index contributed by atoms with van der Waals surface area (Å²) in [6.07, 6.45) is -9.45. The molecule has 0 fully saturated rings. The van der Waals surface area contributed by atoms with Crippen molar-refractivity contribution in [2.75, 3.05) is 0 Å². The van der Waals surface area contributed by atoms with Crippen LogP contribution in [-0.4, -0.2) is 0 Å². The Bertz CT molecular complexity index is 657. The van der Waals surface area contributed by atoms with E-state index in [2.05, 4.69) is 15.9 Å². The van der Waals surface area contributed by atoms with Gasteiger partial charge < -0.3 is 0 Å². The van der Waals surface area contributed by atoms with Gasteiger partial charge in [0.1, 0.15) is 0 Å². The number of halogens is 7. The Balaban J connectivity index is 2.74. The highest BCUT2D eigenvalue weighted by Gasteiger charge is 2.37. The maximum atomic E-state index is 13.0. The molecule has 0 amide bonds. The zero-order valence-electron chi connectivity index (χ0n) is 10.2. The van der Waals surface area contributed by atoms with Crippen LogP contribution in [0.2, 0.25) is 0 Å². The molecule has 21 heavy (non-hydrogen) atoms. The molecule has 0 N–H and O–H groups in total. The van der Waals surface area contributed by atoms with E-state index in [9.17, 15) is 26.3 Å². The Morgan fingerprint density at radius 1 is 0.714 bits per heavy atom. The molecular weight excluding hydrogens is 362 g/mol. The van der Waals surface area contributed by atoms with Crippen LogP contribution in [0, 0.1) is 0 Å². The lowest BCUT2D eigenvalue weighted by atomic mass is 9.96. The average molecular weight is 369 g/mol. The first kappa shape index (κ1) is 15.9. The molecular formula is C14H7BrF6. The van der Waals surface area contributed by atoms with E-state index in [0.29, 0.717) is 18.2 Å². The molecule has 0 aliphatic rings. The van der Waals surface area contributed by atoms with Gasteiger partial charge in [-0.1, -0.05) is 34.1 Å². The molecule has 2 aromatic rings. The molecule has 0 aliphatic carbocycles. The lowest BCUT2D eigenvalue weighted by Crippen LogP contribution is -2.11. The van der Waals surface area contributed by atoms with Crippen LogP contribution in [0.1, 0.15) is 11.1 Å². The first-order valence-corrected chi connectivity index (χ1v) is 6.43. The summed E-state index contributed by atoms with van der Waals surface area (Å²) in [7, 11) is 0. The zero-order chi connectivity index (χ0) is 15.8. The normalized spacial score (nSPS) is 12.5. The van der Waals surface area contributed by atoms with Crippen molar-refractivity contribution in [3.05, 3.63) is 58.1 Å². The monoisotopic (exact) mass is 368 g/mol. The standard InChI is InChI=1S/C14H7BrF6/c15-12-4-2-1-3-9(12)10-7-8(13(16,17)18)5-6-11(10)14(19,20)21/h1-7H. The average Bonchev–Trinajstić information content (AvgIpc) is 2.36. The van der Waals surface area contributed by atoms with Crippen LogP contribution in [0.5, 0.6) is 0 Å². The van der Waals surface area contributed by atoms with Gasteiger partial charge in [-0.2, -0.15) is 26.3 Å². The maximum Gasteiger partial charge on any atom is 0.417 e. The van der Waals surface area contributed by atoms with E-state index in [1.165, 1.54) is 18.2 Å². The second-order valence-electron chi connectivity index (χ2n) is 4.24. The SMILES string of the molecule is FC(F)(F)c1ccc(C(F)(F)F)c(-c2ccccc2Br)c1. The largest absolute Gasteiger partial charge is 0.417 e. The predicted octanol–water partition coefficient (Wildman–Crippen LogP) is 6.15. The van der Waals surface area contributed by atoms with E-state index in [1.807, 2.05) is 0 Å². The van der Waals surface area contributed by atoms with Crippen LogP contribution in [0.3, 0.4) is 0 Å². The fourth-order valence-corrected chi connectivity index (χ4v) is 2.37. The number of rotatable bonds is 1. The van der Waals surface area contributed by atoms with E-state index >= 15 is 0 Å². The Kier molecular flexibility index (Phi) is 4.06. The highest BCUT2D eigenvalue weighted by molar-refractivity contribution is 9.10. The lowest BCUT2D eigenvalue weighted by molar-refractivity contribution is -0.141. The third-order valence-corrected chi connectivity index (χ3v) is 3.51.